The minimum atomic E-state index is -1.77. The minimum absolute atomic E-state index is 0.136. The first-order chi connectivity index (χ1) is 7.11. The molecule has 2 rings (SSSR count). The highest BCUT2D eigenvalue weighted by Gasteiger charge is 2.24. The molecule has 0 radical (unpaired) electrons. The normalized spacial score (nSPS) is 16.1. The molecule has 15 heavy (non-hydrogen) atoms. The van der Waals surface area contributed by atoms with Gasteiger partial charge in [-0.2, -0.15) is 0 Å². The maximum atomic E-state index is 13.8. The van der Waals surface area contributed by atoms with Crippen molar-refractivity contribution in [3.8, 4) is 0 Å². The van der Waals surface area contributed by atoms with E-state index in [1.807, 2.05) is 0 Å². The molecule has 0 saturated carbocycles. The molecule has 1 atom stereocenters. The van der Waals surface area contributed by atoms with Gasteiger partial charge in [-0.25, -0.2) is 9.18 Å². The van der Waals surface area contributed by atoms with Crippen LogP contribution in [-0.4, -0.2) is 16.2 Å². The molecule has 4 heteroatoms. The molecule has 1 unspecified atom stereocenters. The standard InChI is InChI=1S/C11H11FO3/c12-9-7-3-1-2-6(7)4-5-8(9)10(13)11(14)15/h4-5,10,13H,1-3H2,(H,14,15). The molecule has 1 aromatic carbocycles. The monoisotopic (exact) mass is 210 g/mol. The number of hydrogen-bond acceptors (Lipinski definition) is 2. The Bertz CT molecular complexity index is 415. The van der Waals surface area contributed by atoms with E-state index in [0.29, 0.717) is 12.0 Å². The number of carbonyl (C=O) groups is 1. The van der Waals surface area contributed by atoms with E-state index in [9.17, 15) is 14.3 Å². The zero-order chi connectivity index (χ0) is 11.0. The maximum absolute atomic E-state index is 13.8. The number of aliphatic hydroxyl groups excluding tert-OH is 1. The molecular weight excluding hydrogens is 199 g/mol. The quantitative estimate of drug-likeness (QED) is 0.776. The molecule has 2 N–H and O–H groups in total. The average molecular weight is 210 g/mol. The van der Waals surface area contributed by atoms with Crippen LogP contribution in [0.3, 0.4) is 0 Å². The summed E-state index contributed by atoms with van der Waals surface area (Å²) in [5.74, 6) is -1.98. The summed E-state index contributed by atoms with van der Waals surface area (Å²) in [6.07, 6.45) is 0.575. The molecule has 1 aliphatic rings. The van der Waals surface area contributed by atoms with E-state index in [-0.39, 0.29) is 5.56 Å². The Labute approximate surface area is 86.2 Å². The Balaban J connectivity index is 2.46. The topological polar surface area (TPSA) is 57.5 Å². The van der Waals surface area contributed by atoms with Crippen molar-refractivity contribution in [2.24, 2.45) is 0 Å². The number of hydrogen-bond donors (Lipinski definition) is 2. The number of aliphatic hydroxyl groups is 1. The zero-order valence-electron chi connectivity index (χ0n) is 8.03. The number of carboxylic acid groups (broad SMARTS) is 1. The van der Waals surface area contributed by atoms with Crippen molar-refractivity contribution < 1.29 is 19.4 Å². The van der Waals surface area contributed by atoms with Crippen molar-refractivity contribution in [1.82, 2.24) is 0 Å². The van der Waals surface area contributed by atoms with Gasteiger partial charge >= 0.3 is 5.97 Å². The van der Waals surface area contributed by atoms with Crippen LogP contribution in [0.4, 0.5) is 4.39 Å². The van der Waals surface area contributed by atoms with Crippen molar-refractivity contribution in [3.63, 3.8) is 0 Å². The van der Waals surface area contributed by atoms with Gasteiger partial charge in [-0.15, -0.1) is 0 Å². The highest BCUT2D eigenvalue weighted by Crippen LogP contribution is 2.29. The van der Waals surface area contributed by atoms with Gasteiger partial charge in [-0.1, -0.05) is 12.1 Å². The van der Waals surface area contributed by atoms with Gasteiger partial charge in [-0.3, -0.25) is 0 Å². The van der Waals surface area contributed by atoms with Gasteiger partial charge in [0, 0.05) is 5.56 Å². The number of aryl methyl sites for hydroxylation is 1. The molecule has 0 spiro atoms. The van der Waals surface area contributed by atoms with Crippen LogP contribution in [-0.2, 0) is 17.6 Å². The number of halogens is 1. The predicted octanol–water partition coefficient (Wildman–Crippen LogP) is 1.43. The number of rotatable bonds is 2. The summed E-state index contributed by atoms with van der Waals surface area (Å²) in [5.41, 5.74) is 1.35. The first kappa shape index (κ1) is 10.1. The van der Waals surface area contributed by atoms with Crippen molar-refractivity contribution in [2.75, 3.05) is 0 Å². The fraction of sp³-hybridized carbons (Fsp3) is 0.364. The fourth-order valence-corrected chi connectivity index (χ4v) is 1.98. The van der Waals surface area contributed by atoms with E-state index in [1.165, 1.54) is 6.07 Å². The van der Waals surface area contributed by atoms with Crippen molar-refractivity contribution in [3.05, 3.63) is 34.6 Å². The second-order valence-electron chi connectivity index (χ2n) is 3.70. The van der Waals surface area contributed by atoms with Crippen molar-refractivity contribution in [1.29, 1.82) is 0 Å². The van der Waals surface area contributed by atoms with E-state index in [2.05, 4.69) is 0 Å². The van der Waals surface area contributed by atoms with Gasteiger partial charge in [0.05, 0.1) is 0 Å². The summed E-state index contributed by atoms with van der Waals surface area (Å²) in [4.78, 5) is 10.5. The van der Waals surface area contributed by atoms with Crippen LogP contribution in [0.2, 0.25) is 0 Å². The summed E-state index contributed by atoms with van der Waals surface area (Å²) >= 11 is 0. The van der Waals surface area contributed by atoms with Gasteiger partial charge in [0.25, 0.3) is 0 Å². The molecule has 1 aliphatic carbocycles. The van der Waals surface area contributed by atoms with Gasteiger partial charge in [0.1, 0.15) is 5.82 Å². The Hall–Kier alpha value is -1.42. The van der Waals surface area contributed by atoms with Crippen LogP contribution in [0.1, 0.15) is 29.2 Å². The third kappa shape index (κ3) is 1.61. The summed E-state index contributed by atoms with van der Waals surface area (Å²) in [6.45, 7) is 0. The Morgan fingerprint density at radius 1 is 1.40 bits per heavy atom. The number of benzene rings is 1. The summed E-state index contributed by atoms with van der Waals surface area (Å²) in [6, 6.07) is 3.06. The lowest BCUT2D eigenvalue weighted by atomic mass is 10.0. The summed E-state index contributed by atoms with van der Waals surface area (Å²) < 4.78 is 13.8. The lowest BCUT2D eigenvalue weighted by Crippen LogP contribution is -2.13. The molecule has 80 valence electrons. The average Bonchev–Trinajstić information content (AvgIpc) is 2.66. The molecule has 0 saturated heterocycles. The third-order valence-corrected chi connectivity index (χ3v) is 2.77. The number of fused-ring (bicyclic) bond motifs is 1. The molecule has 0 aromatic heterocycles. The van der Waals surface area contributed by atoms with Crippen LogP contribution >= 0.6 is 0 Å². The molecule has 1 aromatic rings. The third-order valence-electron chi connectivity index (χ3n) is 2.77. The first-order valence-electron chi connectivity index (χ1n) is 4.82. The van der Waals surface area contributed by atoms with E-state index in [1.54, 1.807) is 6.07 Å². The molecule has 0 bridgehead atoms. The highest BCUT2D eigenvalue weighted by molar-refractivity contribution is 5.74. The van der Waals surface area contributed by atoms with Crippen LogP contribution in [0.5, 0.6) is 0 Å². The Morgan fingerprint density at radius 3 is 2.80 bits per heavy atom. The smallest absolute Gasteiger partial charge is 0.337 e. The number of aliphatic carboxylic acids is 1. The molecule has 0 amide bonds. The first-order valence-corrected chi connectivity index (χ1v) is 4.82. The van der Waals surface area contributed by atoms with Gasteiger partial charge < -0.3 is 10.2 Å². The lowest BCUT2D eigenvalue weighted by Gasteiger charge is -2.10. The Kier molecular flexibility index (Phi) is 2.44. The van der Waals surface area contributed by atoms with E-state index in [0.717, 1.165) is 18.4 Å². The lowest BCUT2D eigenvalue weighted by molar-refractivity contribution is -0.147. The van der Waals surface area contributed by atoms with Crippen LogP contribution in [0, 0.1) is 5.82 Å². The number of carboxylic acids is 1. The van der Waals surface area contributed by atoms with Crippen molar-refractivity contribution >= 4 is 5.97 Å². The van der Waals surface area contributed by atoms with Gasteiger partial charge in [0.2, 0.25) is 0 Å². The van der Waals surface area contributed by atoms with Gasteiger partial charge in [0.15, 0.2) is 6.10 Å². The summed E-state index contributed by atoms with van der Waals surface area (Å²) in [7, 11) is 0. The predicted molar refractivity (Wildman–Crippen MR) is 51.0 cm³/mol. The minimum Gasteiger partial charge on any atom is -0.479 e. The second kappa shape index (κ2) is 3.62. The second-order valence-corrected chi connectivity index (χ2v) is 3.70. The largest absolute Gasteiger partial charge is 0.479 e. The van der Waals surface area contributed by atoms with E-state index < -0.39 is 17.9 Å². The van der Waals surface area contributed by atoms with Crippen LogP contribution in [0.15, 0.2) is 12.1 Å². The SMILES string of the molecule is O=C(O)C(O)c1ccc2c(c1F)CCC2. The molecule has 0 heterocycles. The molecular formula is C11H11FO3. The van der Waals surface area contributed by atoms with E-state index in [4.69, 9.17) is 5.11 Å². The maximum Gasteiger partial charge on any atom is 0.337 e. The van der Waals surface area contributed by atoms with E-state index >= 15 is 0 Å². The van der Waals surface area contributed by atoms with Gasteiger partial charge in [-0.05, 0) is 30.4 Å². The van der Waals surface area contributed by atoms with Crippen molar-refractivity contribution in [2.45, 2.75) is 25.4 Å². The molecule has 0 aliphatic heterocycles. The zero-order valence-corrected chi connectivity index (χ0v) is 8.03. The summed E-state index contributed by atoms with van der Waals surface area (Å²) in [5, 5.41) is 17.9. The molecule has 3 nitrogen and oxygen atoms in total. The fourth-order valence-electron chi connectivity index (χ4n) is 1.98. The Morgan fingerprint density at radius 2 is 2.13 bits per heavy atom. The van der Waals surface area contributed by atoms with Crippen LogP contribution < -0.4 is 0 Å². The molecule has 0 fully saturated rings. The van der Waals surface area contributed by atoms with Crippen LogP contribution in [0.25, 0.3) is 0 Å². The highest BCUT2D eigenvalue weighted by atomic mass is 19.1.